The summed E-state index contributed by atoms with van der Waals surface area (Å²) in [4.78, 5) is 11.9. The van der Waals surface area contributed by atoms with E-state index in [1.807, 2.05) is 17.6 Å². The highest BCUT2D eigenvalue weighted by Gasteiger charge is 2.24. The third-order valence-corrected chi connectivity index (χ3v) is 3.87. The average molecular weight is 278 g/mol. The third-order valence-electron chi connectivity index (χ3n) is 3.58. The van der Waals surface area contributed by atoms with Gasteiger partial charge in [0.15, 0.2) is 11.6 Å². The van der Waals surface area contributed by atoms with Crippen molar-refractivity contribution >= 4 is 17.4 Å². The largest absolute Gasteiger partial charge is 0.315 e. The second kappa shape index (κ2) is 4.49. The lowest BCUT2D eigenvalue weighted by Crippen LogP contribution is -2.13. The van der Waals surface area contributed by atoms with Crippen LogP contribution in [0, 0.1) is 12.7 Å². The van der Waals surface area contributed by atoms with Gasteiger partial charge in [0.25, 0.3) is 0 Å². The Morgan fingerprint density at radius 3 is 2.89 bits per heavy atom. The Bertz CT molecular complexity index is 675. The summed E-state index contributed by atoms with van der Waals surface area (Å²) < 4.78 is 16.0. The van der Waals surface area contributed by atoms with E-state index in [1.165, 1.54) is 6.07 Å². The van der Waals surface area contributed by atoms with Gasteiger partial charge in [0.05, 0.1) is 10.7 Å². The molecular formula is C15H13ClFNO. The average Bonchev–Trinajstić information content (AvgIpc) is 2.71. The summed E-state index contributed by atoms with van der Waals surface area (Å²) in [5, 5.41) is 0.0986. The molecule has 2 nitrogen and oxygen atoms in total. The summed E-state index contributed by atoms with van der Waals surface area (Å²) >= 11 is 5.84. The number of carbonyl (C=O) groups is 1. The minimum atomic E-state index is -0.441. The van der Waals surface area contributed by atoms with Crippen molar-refractivity contribution in [1.29, 1.82) is 0 Å². The van der Waals surface area contributed by atoms with Crippen LogP contribution in [0.1, 0.15) is 34.6 Å². The Labute approximate surface area is 115 Å². The van der Waals surface area contributed by atoms with Crippen LogP contribution < -0.4 is 0 Å². The number of nitrogens with zero attached hydrogens (tertiary/aromatic N) is 1. The summed E-state index contributed by atoms with van der Waals surface area (Å²) in [5.74, 6) is -0.297. The van der Waals surface area contributed by atoms with Crippen LogP contribution in [0.5, 0.6) is 0 Å². The van der Waals surface area contributed by atoms with Crippen LogP contribution in [0.25, 0.3) is 5.69 Å². The normalized spacial score (nSPS) is 14.6. The summed E-state index contributed by atoms with van der Waals surface area (Å²) in [6.45, 7) is 1.88. The van der Waals surface area contributed by atoms with E-state index in [0.29, 0.717) is 12.1 Å². The summed E-state index contributed by atoms with van der Waals surface area (Å²) in [5.41, 5.74) is 2.90. The molecule has 0 fully saturated rings. The van der Waals surface area contributed by atoms with Gasteiger partial charge in [0, 0.05) is 23.4 Å². The Morgan fingerprint density at radius 1 is 1.32 bits per heavy atom. The van der Waals surface area contributed by atoms with Crippen LogP contribution in [0.3, 0.4) is 0 Å². The molecule has 98 valence electrons. The lowest BCUT2D eigenvalue weighted by Gasteiger charge is -2.16. The number of ketones is 1. The number of Topliss-reactive ketones (excluding diaryl/α,β-unsaturated/α-hetero) is 1. The molecule has 0 saturated heterocycles. The maximum absolute atomic E-state index is 14.2. The fourth-order valence-electron chi connectivity index (χ4n) is 2.73. The fraction of sp³-hybridized carbons (Fsp3) is 0.267. The van der Waals surface area contributed by atoms with E-state index >= 15 is 0 Å². The highest BCUT2D eigenvalue weighted by molar-refractivity contribution is 6.30. The number of benzene rings is 1. The minimum Gasteiger partial charge on any atom is -0.315 e. The van der Waals surface area contributed by atoms with Crippen LogP contribution in [0.15, 0.2) is 24.3 Å². The van der Waals surface area contributed by atoms with Crippen molar-refractivity contribution in [3.63, 3.8) is 0 Å². The molecule has 0 aliphatic heterocycles. The molecule has 1 aromatic carbocycles. The first kappa shape index (κ1) is 12.4. The number of fused-ring (bicyclic) bond motifs is 1. The molecule has 0 radical (unpaired) electrons. The fourth-order valence-corrected chi connectivity index (χ4v) is 2.90. The Kier molecular flexibility index (Phi) is 2.94. The Balaban J connectivity index is 2.26. The molecule has 0 atom stereocenters. The highest BCUT2D eigenvalue weighted by Crippen LogP contribution is 2.30. The molecule has 1 aromatic heterocycles. The van der Waals surface area contributed by atoms with Gasteiger partial charge in [-0.15, -0.1) is 0 Å². The lowest BCUT2D eigenvalue weighted by atomic mass is 9.96. The standard InChI is InChI=1S/C15H13ClFNO/c1-9-8-10-12(5-3-7-14(10)19)18(9)13-6-2-4-11(16)15(13)17/h2,4,6,8H,3,5,7H2,1H3. The quantitative estimate of drug-likeness (QED) is 0.769. The third kappa shape index (κ3) is 1.89. The van der Waals surface area contributed by atoms with Crippen molar-refractivity contribution in [3.05, 3.63) is 52.1 Å². The van der Waals surface area contributed by atoms with E-state index in [-0.39, 0.29) is 10.8 Å². The van der Waals surface area contributed by atoms with E-state index in [2.05, 4.69) is 0 Å². The first-order valence-electron chi connectivity index (χ1n) is 6.28. The van der Waals surface area contributed by atoms with Crippen LogP contribution in [0.2, 0.25) is 5.02 Å². The van der Waals surface area contributed by atoms with Gasteiger partial charge in [-0.05, 0) is 38.0 Å². The molecule has 0 bridgehead atoms. The number of aryl methyl sites for hydroxylation is 1. The van der Waals surface area contributed by atoms with Crippen LogP contribution in [-0.4, -0.2) is 10.4 Å². The van der Waals surface area contributed by atoms with Crippen LogP contribution in [0.4, 0.5) is 4.39 Å². The van der Waals surface area contributed by atoms with Crippen molar-refractivity contribution in [2.24, 2.45) is 0 Å². The molecule has 4 heteroatoms. The molecule has 1 aliphatic carbocycles. The SMILES string of the molecule is Cc1cc2c(n1-c1cccc(Cl)c1F)CCCC2=O. The van der Waals surface area contributed by atoms with E-state index in [4.69, 9.17) is 11.6 Å². The van der Waals surface area contributed by atoms with E-state index in [9.17, 15) is 9.18 Å². The topological polar surface area (TPSA) is 22.0 Å². The number of aromatic nitrogens is 1. The second-order valence-electron chi connectivity index (χ2n) is 4.83. The van der Waals surface area contributed by atoms with Crippen molar-refractivity contribution in [2.75, 3.05) is 0 Å². The first-order chi connectivity index (χ1) is 9.09. The second-order valence-corrected chi connectivity index (χ2v) is 5.24. The maximum Gasteiger partial charge on any atom is 0.165 e. The molecule has 0 spiro atoms. The van der Waals surface area contributed by atoms with Crippen molar-refractivity contribution in [3.8, 4) is 5.69 Å². The number of carbonyl (C=O) groups excluding carboxylic acids is 1. The smallest absolute Gasteiger partial charge is 0.165 e. The number of rotatable bonds is 1. The van der Waals surface area contributed by atoms with Gasteiger partial charge in [-0.1, -0.05) is 17.7 Å². The van der Waals surface area contributed by atoms with Gasteiger partial charge >= 0.3 is 0 Å². The van der Waals surface area contributed by atoms with Crippen LogP contribution >= 0.6 is 11.6 Å². The van der Waals surface area contributed by atoms with Gasteiger partial charge < -0.3 is 4.57 Å². The number of halogens is 2. The first-order valence-corrected chi connectivity index (χ1v) is 6.66. The molecule has 2 aromatic rings. The molecule has 1 aliphatic rings. The molecule has 0 N–H and O–H groups in total. The Morgan fingerprint density at radius 2 is 2.11 bits per heavy atom. The van der Waals surface area contributed by atoms with E-state index < -0.39 is 5.82 Å². The number of hydrogen-bond donors (Lipinski definition) is 0. The van der Waals surface area contributed by atoms with Gasteiger partial charge in [0.2, 0.25) is 0 Å². The zero-order chi connectivity index (χ0) is 13.6. The molecule has 0 amide bonds. The zero-order valence-corrected chi connectivity index (χ0v) is 11.3. The van der Waals surface area contributed by atoms with Crippen LogP contribution in [-0.2, 0) is 6.42 Å². The predicted molar refractivity (Wildman–Crippen MR) is 72.7 cm³/mol. The van der Waals surface area contributed by atoms with Crippen molar-refractivity contribution < 1.29 is 9.18 Å². The van der Waals surface area contributed by atoms with E-state index in [0.717, 1.165) is 29.8 Å². The molecule has 0 unspecified atom stereocenters. The summed E-state index contributed by atoms with van der Waals surface area (Å²) in [6, 6.07) is 6.78. The van der Waals surface area contributed by atoms with Crippen molar-refractivity contribution in [2.45, 2.75) is 26.2 Å². The minimum absolute atomic E-state index is 0.0986. The summed E-state index contributed by atoms with van der Waals surface area (Å²) in [7, 11) is 0. The lowest BCUT2D eigenvalue weighted by molar-refractivity contribution is 0.0972. The monoisotopic (exact) mass is 277 g/mol. The maximum atomic E-state index is 14.2. The molecular weight excluding hydrogens is 265 g/mol. The van der Waals surface area contributed by atoms with Gasteiger partial charge in [-0.3, -0.25) is 4.79 Å². The summed E-state index contributed by atoms with van der Waals surface area (Å²) in [6.07, 6.45) is 2.19. The van der Waals surface area contributed by atoms with Crippen molar-refractivity contribution in [1.82, 2.24) is 4.57 Å². The predicted octanol–water partition coefficient (Wildman–Crippen LogP) is 4.10. The van der Waals surface area contributed by atoms with Gasteiger partial charge in [0.1, 0.15) is 0 Å². The number of hydrogen-bond acceptors (Lipinski definition) is 1. The van der Waals surface area contributed by atoms with Gasteiger partial charge in [-0.25, -0.2) is 4.39 Å². The molecule has 1 heterocycles. The molecule has 19 heavy (non-hydrogen) atoms. The molecule has 3 rings (SSSR count). The van der Waals surface area contributed by atoms with Gasteiger partial charge in [-0.2, -0.15) is 0 Å². The zero-order valence-electron chi connectivity index (χ0n) is 10.5. The highest BCUT2D eigenvalue weighted by atomic mass is 35.5. The molecule has 0 saturated carbocycles. The Hall–Kier alpha value is -1.61. The van der Waals surface area contributed by atoms with E-state index in [1.54, 1.807) is 12.1 Å².